The fourth-order valence-electron chi connectivity index (χ4n) is 1.24. The summed E-state index contributed by atoms with van der Waals surface area (Å²) in [4.78, 5) is 13.9. The number of nitrogens with zero attached hydrogens (tertiary/aromatic N) is 2. The average Bonchev–Trinajstić information content (AvgIpc) is 2.80. The molecule has 0 aliphatic rings. The van der Waals surface area contributed by atoms with Gasteiger partial charge in [-0.15, -0.1) is 11.3 Å². The van der Waals surface area contributed by atoms with Crippen molar-refractivity contribution in [2.24, 2.45) is 0 Å². The van der Waals surface area contributed by atoms with Gasteiger partial charge in [-0.05, 0) is 0 Å². The van der Waals surface area contributed by atoms with Crippen LogP contribution in [0.2, 0.25) is 0 Å². The van der Waals surface area contributed by atoms with E-state index in [0.29, 0.717) is 11.3 Å². The molecule has 1 aromatic heterocycles. The third kappa shape index (κ3) is 2.80. The molecule has 0 saturated carbocycles. The molecule has 0 amide bonds. The molecule has 0 N–H and O–H groups in total. The molecule has 0 radical (unpaired) electrons. The lowest BCUT2D eigenvalue weighted by atomic mass is 10.2. The van der Waals surface area contributed by atoms with Gasteiger partial charge in [0.15, 0.2) is 0 Å². The third-order valence-corrected chi connectivity index (χ3v) is 4.03. The molecule has 0 spiro atoms. The van der Waals surface area contributed by atoms with Crippen LogP contribution in [0.5, 0.6) is 0 Å². The lowest BCUT2D eigenvalue weighted by molar-refractivity contribution is -0.387. The maximum Gasteiger partial charge on any atom is 0.305 e. The molecule has 2 rings (SSSR count). The summed E-state index contributed by atoms with van der Waals surface area (Å²) in [7, 11) is 0. The summed E-state index contributed by atoms with van der Waals surface area (Å²) in [6.45, 7) is 0. The minimum Gasteiger partial charge on any atom is -0.258 e. The summed E-state index contributed by atoms with van der Waals surface area (Å²) >= 11 is 2.81. The fraction of sp³-hybridized carbons (Fsp3) is 0.100. The van der Waals surface area contributed by atoms with Gasteiger partial charge in [0.25, 0.3) is 0 Å². The van der Waals surface area contributed by atoms with E-state index in [9.17, 15) is 14.5 Å². The van der Waals surface area contributed by atoms with Gasteiger partial charge in [0.1, 0.15) is 4.34 Å². The summed E-state index contributed by atoms with van der Waals surface area (Å²) in [5.74, 6) is -0.428. The Morgan fingerprint density at radius 3 is 3.00 bits per heavy atom. The molecule has 88 valence electrons. The number of hydrogen-bond donors (Lipinski definition) is 0. The highest BCUT2D eigenvalue weighted by Gasteiger charge is 2.17. The van der Waals surface area contributed by atoms with Crippen molar-refractivity contribution in [2.75, 3.05) is 0 Å². The normalized spacial score (nSPS) is 10.4. The van der Waals surface area contributed by atoms with Crippen LogP contribution < -0.4 is 0 Å². The Morgan fingerprint density at radius 2 is 2.35 bits per heavy atom. The molecule has 0 fully saturated rings. The van der Waals surface area contributed by atoms with Crippen LogP contribution >= 0.6 is 23.1 Å². The number of nitro groups is 1. The molecule has 0 aliphatic carbocycles. The topological polar surface area (TPSA) is 56.0 Å². The van der Waals surface area contributed by atoms with Crippen molar-refractivity contribution >= 4 is 28.8 Å². The molecule has 1 heterocycles. The second-order valence-corrected chi connectivity index (χ2v) is 5.21. The Hall–Kier alpha value is -1.47. The van der Waals surface area contributed by atoms with Gasteiger partial charge in [0, 0.05) is 29.0 Å². The van der Waals surface area contributed by atoms with E-state index in [0.717, 1.165) is 10.4 Å². The minimum absolute atomic E-state index is 0.319. The highest BCUT2D eigenvalue weighted by Crippen LogP contribution is 2.28. The maximum absolute atomic E-state index is 13.7. The molecule has 7 heteroatoms. The van der Waals surface area contributed by atoms with Gasteiger partial charge in [-0.1, -0.05) is 23.9 Å². The molecule has 0 saturated heterocycles. The van der Waals surface area contributed by atoms with Crippen molar-refractivity contribution in [1.29, 1.82) is 0 Å². The van der Waals surface area contributed by atoms with Crippen molar-refractivity contribution in [3.8, 4) is 0 Å². The van der Waals surface area contributed by atoms with Crippen LogP contribution in [-0.4, -0.2) is 9.91 Å². The van der Waals surface area contributed by atoms with E-state index in [2.05, 4.69) is 4.98 Å². The standard InChI is InChI=1S/C10H7FN2O2S2/c11-9-7(2-1-3-8(9)13(14)15)6-17-10-12-4-5-16-10/h1-5H,6H2. The maximum atomic E-state index is 13.7. The molecule has 0 bridgehead atoms. The van der Waals surface area contributed by atoms with Crippen LogP contribution in [0.15, 0.2) is 34.1 Å². The lowest BCUT2D eigenvalue weighted by Crippen LogP contribution is -1.96. The number of halogens is 1. The van der Waals surface area contributed by atoms with Crippen molar-refractivity contribution in [2.45, 2.75) is 10.1 Å². The smallest absolute Gasteiger partial charge is 0.258 e. The quantitative estimate of drug-likeness (QED) is 0.485. The average molecular weight is 270 g/mol. The van der Waals surface area contributed by atoms with Crippen molar-refractivity contribution < 1.29 is 9.31 Å². The second kappa shape index (κ2) is 5.24. The van der Waals surface area contributed by atoms with E-state index in [4.69, 9.17) is 0 Å². The van der Waals surface area contributed by atoms with Crippen LogP contribution in [0.25, 0.3) is 0 Å². The van der Waals surface area contributed by atoms with Gasteiger partial charge >= 0.3 is 5.69 Å². The predicted octanol–water partition coefficient (Wildman–Crippen LogP) is 3.48. The van der Waals surface area contributed by atoms with Gasteiger partial charge in [0.2, 0.25) is 5.82 Å². The van der Waals surface area contributed by atoms with Crippen LogP contribution in [0.3, 0.4) is 0 Å². The molecule has 17 heavy (non-hydrogen) atoms. The summed E-state index contributed by atoms with van der Waals surface area (Å²) in [6.07, 6.45) is 1.66. The molecule has 0 unspecified atom stereocenters. The van der Waals surface area contributed by atoms with Gasteiger partial charge in [-0.3, -0.25) is 10.1 Å². The second-order valence-electron chi connectivity index (χ2n) is 3.09. The van der Waals surface area contributed by atoms with E-state index in [1.54, 1.807) is 12.3 Å². The summed E-state index contributed by atoms with van der Waals surface area (Å²) < 4.78 is 14.5. The number of nitro benzene ring substituents is 1. The Labute approximate surface area is 105 Å². The Kier molecular flexibility index (Phi) is 3.70. The van der Waals surface area contributed by atoms with Crippen LogP contribution in [0, 0.1) is 15.9 Å². The largest absolute Gasteiger partial charge is 0.305 e. The Bertz CT molecular complexity index is 531. The van der Waals surface area contributed by atoms with Gasteiger partial charge in [0.05, 0.1) is 4.92 Å². The number of thiazole rings is 1. The van der Waals surface area contributed by atoms with E-state index in [1.807, 2.05) is 5.38 Å². The first kappa shape index (κ1) is 12.0. The summed E-state index contributed by atoms with van der Waals surface area (Å²) in [6, 6.07) is 4.19. The van der Waals surface area contributed by atoms with E-state index in [1.165, 1.54) is 29.2 Å². The zero-order valence-electron chi connectivity index (χ0n) is 8.50. The third-order valence-electron chi connectivity index (χ3n) is 2.02. The monoisotopic (exact) mass is 270 g/mol. The van der Waals surface area contributed by atoms with Gasteiger partial charge < -0.3 is 0 Å². The van der Waals surface area contributed by atoms with Crippen LogP contribution in [0.1, 0.15) is 5.56 Å². The molecule has 4 nitrogen and oxygen atoms in total. The highest BCUT2D eigenvalue weighted by atomic mass is 32.2. The lowest BCUT2D eigenvalue weighted by Gasteiger charge is -2.01. The van der Waals surface area contributed by atoms with Gasteiger partial charge in [-0.25, -0.2) is 4.98 Å². The predicted molar refractivity (Wildman–Crippen MR) is 64.7 cm³/mol. The SMILES string of the molecule is O=[N+]([O-])c1cccc(CSc2nccs2)c1F. The Balaban J connectivity index is 2.16. The van der Waals surface area contributed by atoms with Gasteiger partial charge in [-0.2, -0.15) is 4.39 Å². The molecular formula is C10H7FN2O2S2. The number of thioether (sulfide) groups is 1. The van der Waals surface area contributed by atoms with Crippen LogP contribution in [-0.2, 0) is 5.75 Å². The number of aromatic nitrogens is 1. The van der Waals surface area contributed by atoms with E-state index >= 15 is 0 Å². The van der Waals surface area contributed by atoms with E-state index in [-0.39, 0.29) is 0 Å². The van der Waals surface area contributed by atoms with Crippen molar-refractivity contribution in [3.63, 3.8) is 0 Å². The molecule has 2 aromatic rings. The molecule has 0 aliphatic heterocycles. The van der Waals surface area contributed by atoms with Crippen molar-refractivity contribution in [3.05, 3.63) is 51.3 Å². The summed E-state index contributed by atoms with van der Waals surface area (Å²) in [5.41, 5.74) is -0.165. The molecular weight excluding hydrogens is 263 g/mol. The first-order valence-electron chi connectivity index (χ1n) is 4.62. The number of rotatable bonds is 4. The minimum atomic E-state index is -0.762. The zero-order valence-corrected chi connectivity index (χ0v) is 10.1. The fourth-order valence-corrected chi connectivity index (χ4v) is 2.85. The first-order valence-corrected chi connectivity index (χ1v) is 6.49. The van der Waals surface area contributed by atoms with Crippen LogP contribution in [0.4, 0.5) is 10.1 Å². The number of hydrogen-bond acceptors (Lipinski definition) is 5. The highest BCUT2D eigenvalue weighted by molar-refractivity contribution is 8.00. The molecule has 0 atom stereocenters. The number of benzene rings is 1. The van der Waals surface area contributed by atoms with Crippen molar-refractivity contribution in [1.82, 2.24) is 4.98 Å². The zero-order chi connectivity index (χ0) is 12.3. The van der Waals surface area contributed by atoms with E-state index < -0.39 is 16.4 Å². The summed E-state index contributed by atoms with van der Waals surface area (Å²) in [5, 5.41) is 12.4. The Morgan fingerprint density at radius 1 is 1.53 bits per heavy atom. The first-order chi connectivity index (χ1) is 8.18. The molecule has 1 aromatic carbocycles.